The van der Waals surface area contributed by atoms with Gasteiger partial charge in [0.1, 0.15) is 0 Å². The maximum Gasteiger partial charge on any atom is 0.358 e. The first-order chi connectivity index (χ1) is 9.34. The molecule has 5 nitrogen and oxygen atoms in total. The number of carboxylic acids is 1. The molecule has 1 fully saturated rings. The molecule has 1 aliphatic rings. The van der Waals surface area contributed by atoms with Gasteiger partial charge in [0.2, 0.25) is 0 Å². The van der Waals surface area contributed by atoms with Gasteiger partial charge in [-0.1, -0.05) is 39.3 Å². The molecule has 0 unspecified atom stereocenters. The predicted octanol–water partition coefficient (Wildman–Crippen LogP) is 3.42. The standard InChI is InChI=1S/C15H25N3O2/c1-5-10-6-8-11(9-7-10)18-13(15(2,3)4)12(14(19)20)16-17-18/h10-11H,5-9H2,1-4H3,(H,19,20). The van der Waals surface area contributed by atoms with E-state index in [4.69, 9.17) is 0 Å². The average Bonchev–Trinajstić information content (AvgIpc) is 2.83. The van der Waals surface area contributed by atoms with Crippen LogP contribution in [0.5, 0.6) is 0 Å². The average molecular weight is 279 g/mol. The number of rotatable bonds is 3. The van der Waals surface area contributed by atoms with E-state index in [0.717, 1.165) is 24.5 Å². The summed E-state index contributed by atoms with van der Waals surface area (Å²) in [7, 11) is 0. The molecule has 1 aromatic rings. The molecule has 0 spiro atoms. The number of nitrogens with zero attached hydrogens (tertiary/aromatic N) is 3. The Morgan fingerprint density at radius 2 is 1.90 bits per heavy atom. The zero-order valence-corrected chi connectivity index (χ0v) is 12.9. The van der Waals surface area contributed by atoms with Gasteiger partial charge in [-0.05, 0) is 31.6 Å². The molecular formula is C15H25N3O2. The summed E-state index contributed by atoms with van der Waals surface area (Å²) in [6, 6.07) is 0.299. The number of aromatic carboxylic acids is 1. The van der Waals surface area contributed by atoms with Crippen LogP contribution in [0, 0.1) is 5.92 Å². The van der Waals surface area contributed by atoms with Crippen LogP contribution in [0.25, 0.3) is 0 Å². The van der Waals surface area contributed by atoms with Crippen LogP contribution in [0.1, 0.15) is 82.0 Å². The van der Waals surface area contributed by atoms with E-state index in [0.29, 0.717) is 6.04 Å². The lowest BCUT2D eigenvalue weighted by molar-refractivity contribution is 0.0687. The molecule has 0 aromatic carbocycles. The molecule has 0 saturated heterocycles. The molecule has 0 radical (unpaired) electrons. The van der Waals surface area contributed by atoms with Crippen molar-refractivity contribution in [3.63, 3.8) is 0 Å². The number of hydrogen-bond acceptors (Lipinski definition) is 3. The molecule has 1 N–H and O–H groups in total. The number of aromatic nitrogens is 3. The third-order valence-electron chi connectivity index (χ3n) is 4.35. The van der Waals surface area contributed by atoms with Crippen molar-refractivity contribution in [1.29, 1.82) is 0 Å². The van der Waals surface area contributed by atoms with Gasteiger partial charge in [-0.3, -0.25) is 0 Å². The minimum Gasteiger partial charge on any atom is -0.476 e. The maximum absolute atomic E-state index is 11.3. The van der Waals surface area contributed by atoms with E-state index in [1.165, 1.54) is 19.3 Å². The van der Waals surface area contributed by atoms with Crippen LogP contribution in [0.4, 0.5) is 0 Å². The van der Waals surface area contributed by atoms with Crippen molar-refractivity contribution in [1.82, 2.24) is 15.0 Å². The molecule has 1 aromatic heterocycles. The van der Waals surface area contributed by atoms with Crippen LogP contribution in [0.3, 0.4) is 0 Å². The number of carboxylic acid groups (broad SMARTS) is 1. The molecule has 0 aliphatic heterocycles. The van der Waals surface area contributed by atoms with Gasteiger partial charge in [-0.25, -0.2) is 9.48 Å². The second-order valence-corrected chi connectivity index (χ2v) is 6.87. The summed E-state index contributed by atoms with van der Waals surface area (Å²) in [5, 5.41) is 17.4. The first-order valence-electron chi connectivity index (χ1n) is 7.53. The van der Waals surface area contributed by atoms with E-state index in [1.807, 2.05) is 25.5 Å². The third kappa shape index (κ3) is 2.86. The zero-order chi connectivity index (χ0) is 14.9. The van der Waals surface area contributed by atoms with E-state index in [-0.39, 0.29) is 11.1 Å². The summed E-state index contributed by atoms with van der Waals surface area (Å²) in [6.45, 7) is 8.30. The molecular weight excluding hydrogens is 254 g/mol. The summed E-state index contributed by atoms with van der Waals surface area (Å²) in [4.78, 5) is 11.3. The number of carbonyl (C=O) groups is 1. The third-order valence-corrected chi connectivity index (χ3v) is 4.35. The lowest BCUT2D eigenvalue weighted by Crippen LogP contribution is -2.26. The van der Waals surface area contributed by atoms with Gasteiger partial charge >= 0.3 is 5.97 Å². The SMILES string of the molecule is CCC1CCC(n2nnc(C(=O)O)c2C(C)(C)C)CC1. The topological polar surface area (TPSA) is 68.0 Å². The lowest BCUT2D eigenvalue weighted by Gasteiger charge is -2.31. The van der Waals surface area contributed by atoms with Crippen molar-refractivity contribution >= 4 is 5.97 Å². The van der Waals surface area contributed by atoms with Crippen LogP contribution in [-0.2, 0) is 5.41 Å². The summed E-state index contributed by atoms with van der Waals surface area (Å²) in [5.74, 6) is -0.171. The van der Waals surface area contributed by atoms with Gasteiger partial charge in [0.15, 0.2) is 5.69 Å². The molecule has 0 atom stereocenters. The van der Waals surface area contributed by atoms with Crippen molar-refractivity contribution in [3.05, 3.63) is 11.4 Å². The highest BCUT2D eigenvalue weighted by Gasteiger charge is 2.33. The van der Waals surface area contributed by atoms with E-state index in [2.05, 4.69) is 17.2 Å². The highest BCUT2D eigenvalue weighted by atomic mass is 16.4. The van der Waals surface area contributed by atoms with Crippen molar-refractivity contribution in [2.24, 2.45) is 5.92 Å². The van der Waals surface area contributed by atoms with Crippen LogP contribution in [0.15, 0.2) is 0 Å². The minimum absolute atomic E-state index is 0.107. The van der Waals surface area contributed by atoms with E-state index < -0.39 is 5.97 Å². The fraction of sp³-hybridized carbons (Fsp3) is 0.800. The maximum atomic E-state index is 11.3. The molecule has 112 valence electrons. The van der Waals surface area contributed by atoms with Gasteiger partial charge in [0.05, 0.1) is 11.7 Å². The lowest BCUT2D eigenvalue weighted by atomic mass is 9.83. The van der Waals surface area contributed by atoms with Gasteiger partial charge < -0.3 is 5.11 Å². The summed E-state index contributed by atoms with van der Waals surface area (Å²) in [6.07, 6.45) is 5.78. The fourth-order valence-corrected chi connectivity index (χ4v) is 3.19. The summed E-state index contributed by atoms with van der Waals surface area (Å²) >= 11 is 0. The second-order valence-electron chi connectivity index (χ2n) is 6.87. The highest BCUT2D eigenvalue weighted by Crippen LogP contribution is 2.36. The molecule has 5 heteroatoms. The van der Waals surface area contributed by atoms with E-state index >= 15 is 0 Å². The van der Waals surface area contributed by atoms with Gasteiger partial charge in [-0.2, -0.15) is 0 Å². The second kappa shape index (κ2) is 5.54. The molecule has 1 saturated carbocycles. The Morgan fingerprint density at radius 3 is 2.35 bits per heavy atom. The largest absolute Gasteiger partial charge is 0.476 e. The van der Waals surface area contributed by atoms with E-state index in [1.54, 1.807) is 0 Å². The van der Waals surface area contributed by atoms with Crippen LogP contribution in [0.2, 0.25) is 0 Å². The molecule has 0 bridgehead atoms. The van der Waals surface area contributed by atoms with Gasteiger partial charge in [0.25, 0.3) is 0 Å². The number of hydrogen-bond donors (Lipinski definition) is 1. The summed E-state index contributed by atoms with van der Waals surface area (Å²) < 4.78 is 1.88. The van der Waals surface area contributed by atoms with Crippen molar-refractivity contribution in [2.45, 2.75) is 71.3 Å². The first-order valence-corrected chi connectivity index (χ1v) is 7.53. The van der Waals surface area contributed by atoms with Crippen LogP contribution in [-0.4, -0.2) is 26.1 Å². The van der Waals surface area contributed by atoms with Gasteiger partial charge in [-0.15, -0.1) is 5.10 Å². The van der Waals surface area contributed by atoms with E-state index in [9.17, 15) is 9.90 Å². The highest BCUT2D eigenvalue weighted by molar-refractivity contribution is 5.86. The molecule has 1 aliphatic carbocycles. The van der Waals surface area contributed by atoms with Crippen LogP contribution >= 0.6 is 0 Å². The Labute approximate surface area is 120 Å². The Morgan fingerprint density at radius 1 is 1.30 bits per heavy atom. The predicted molar refractivity (Wildman–Crippen MR) is 77.0 cm³/mol. The Kier molecular flexibility index (Phi) is 4.16. The smallest absolute Gasteiger partial charge is 0.358 e. The molecule has 0 amide bonds. The molecule has 1 heterocycles. The molecule has 20 heavy (non-hydrogen) atoms. The normalized spacial score (nSPS) is 23.8. The summed E-state index contributed by atoms with van der Waals surface area (Å²) in [5.41, 5.74) is 0.596. The van der Waals surface area contributed by atoms with Crippen molar-refractivity contribution < 1.29 is 9.90 Å². The van der Waals surface area contributed by atoms with Crippen molar-refractivity contribution in [2.75, 3.05) is 0 Å². The molecule has 2 rings (SSSR count). The quantitative estimate of drug-likeness (QED) is 0.920. The minimum atomic E-state index is -0.983. The zero-order valence-electron chi connectivity index (χ0n) is 12.9. The Hall–Kier alpha value is -1.39. The Balaban J connectivity index is 2.31. The fourth-order valence-electron chi connectivity index (χ4n) is 3.19. The Bertz CT molecular complexity index is 480. The monoisotopic (exact) mass is 279 g/mol. The van der Waals surface area contributed by atoms with Gasteiger partial charge in [0, 0.05) is 5.41 Å². The van der Waals surface area contributed by atoms with Crippen molar-refractivity contribution in [3.8, 4) is 0 Å². The first kappa shape index (κ1) is 15.0. The van der Waals surface area contributed by atoms with Crippen LogP contribution < -0.4 is 0 Å².